The molecule has 25 heavy (non-hydrogen) atoms. The normalized spacial score (nSPS) is 18.1. The molecule has 3 rings (SSSR count). The molecular weight excluding hydrogens is 316 g/mol. The quantitative estimate of drug-likeness (QED) is 0.831. The predicted molar refractivity (Wildman–Crippen MR) is 96.1 cm³/mol. The molecule has 1 aromatic heterocycles. The molecule has 2 atom stereocenters. The van der Waals surface area contributed by atoms with Gasteiger partial charge in [0.25, 0.3) is 5.91 Å². The molecule has 2 N–H and O–H groups in total. The van der Waals surface area contributed by atoms with E-state index in [-0.39, 0.29) is 11.9 Å². The number of nitrogens with zero attached hydrogens (tertiary/aromatic N) is 3. The van der Waals surface area contributed by atoms with Crippen LogP contribution in [-0.4, -0.2) is 45.7 Å². The minimum absolute atomic E-state index is 0.0188. The molecule has 1 saturated heterocycles. The van der Waals surface area contributed by atoms with Crippen molar-refractivity contribution in [3.8, 4) is 0 Å². The van der Waals surface area contributed by atoms with E-state index in [1.54, 1.807) is 25.4 Å². The predicted octanol–water partition coefficient (Wildman–Crippen LogP) is 1.41. The third-order valence-electron chi connectivity index (χ3n) is 4.69. The largest absolute Gasteiger partial charge is 0.380 e. The van der Waals surface area contributed by atoms with Crippen LogP contribution in [0.25, 0.3) is 0 Å². The maximum atomic E-state index is 12.5. The Balaban J connectivity index is 1.51. The third-order valence-corrected chi connectivity index (χ3v) is 4.69. The molecule has 6 heteroatoms. The van der Waals surface area contributed by atoms with Gasteiger partial charge in [0, 0.05) is 43.9 Å². The molecule has 1 aliphatic rings. The van der Waals surface area contributed by atoms with Gasteiger partial charge in [0.15, 0.2) is 0 Å². The van der Waals surface area contributed by atoms with Gasteiger partial charge in [0.1, 0.15) is 5.60 Å². The molecule has 2 aromatic rings. The highest BCUT2D eigenvalue weighted by atomic mass is 16.3. The average Bonchev–Trinajstić information content (AvgIpc) is 2.55. The van der Waals surface area contributed by atoms with Gasteiger partial charge in [-0.2, -0.15) is 0 Å². The summed E-state index contributed by atoms with van der Waals surface area (Å²) in [7, 11) is 0. The zero-order valence-corrected chi connectivity index (χ0v) is 14.6. The number of aliphatic hydroxyl groups is 1. The summed E-state index contributed by atoms with van der Waals surface area (Å²) in [6, 6.07) is 11.3. The summed E-state index contributed by atoms with van der Waals surface area (Å²) in [5, 5.41) is 13.5. The summed E-state index contributed by atoms with van der Waals surface area (Å²) in [5.74, 6) is 0.701. The summed E-state index contributed by atoms with van der Waals surface area (Å²) >= 11 is 0. The van der Waals surface area contributed by atoms with E-state index in [4.69, 9.17) is 0 Å². The first-order chi connectivity index (χ1) is 12.0. The van der Waals surface area contributed by atoms with Crippen LogP contribution in [0.5, 0.6) is 0 Å². The van der Waals surface area contributed by atoms with Crippen LogP contribution in [0.2, 0.25) is 0 Å². The Labute approximate surface area is 147 Å². The summed E-state index contributed by atoms with van der Waals surface area (Å²) in [4.78, 5) is 23.0. The second-order valence-corrected chi connectivity index (χ2v) is 6.91. The molecule has 1 amide bonds. The highest BCUT2D eigenvalue weighted by Gasteiger charge is 2.37. The maximum Gasteiger partial charge on any atom is 0.252 e. The smallest absolute Gasteiger partial charge is 0.252 e. The lowest BCUT2D eigenvalue weighted by molar-refractivity contribution is -0.139. The van der Waals surface area contributed by atoms with E-state index in [2.05, 4.69) is 20.2 Å². The lowest BCUT2D eigenvalue weighted by atomic mass is 9.91. The molecular formula is C19H24N4O2. The lowest BCUT2D eigenvalue weighted by Crippen LogP contribution is -2.59. The fraction of sp³-hybridized carbons (Fsp3) is 0.421. The minimum atomic E-state index is -1.43. The van der Waals surface area contributed by atoms with E-state index in [0.717, 1.165) is 18.7 Å². The van der Waals surface area contributed by atoms with Gasteiger partial charge in [-0.1, -0.05) is 30.3 Å². The van der Waals surface area contributed by atoms with Crippen LogP contribution in [-0.2, 0) is 11.2 Å². The van der Waals surface area contributed by atoms with E-state index >= 15 is 0 Å². The van der Waals surface area contributed by atoms with Gasteiger partial charge < -0.3 is 15.3 Å². The molecule has 6 nitrogen and oxygen atoms in total. The van der Waals surface area contributed by atoms with Gasteiger partial charge in [0.2, 0.25) is 5.95 Å². The first-order valence-corrected chi connectivity index (χ1v) is 8.55. The number of aromatic nitrogens is 2. The number of amides is 1. The molecule has 132 valence electrons. The molecule has 1 unspecified atom stereocenters. The molecule has 1 aromatic carbocycles. The van der Waals surface area contributed by atoms with E-state index in [9.17, 15) is 9.90 Å². The fourth-order valence-corrected chi connectivity index (χ4v) is 3.00. The third kappa shape index (κ3) is 4.14. The average molecular weight is 340 g/mol. The van der Waals surface area contributed by atoms with Crippen molar-refractivity contribution in [2.24, 2.45) is 5.92 Å². The van der Waals surface area contributed by atoms with Crippen LogP contribution in [0.15, 0.2) is 48.8 Å². The van der Waals surface area contributed by atoms with Crippen molar-refractivity contribution < 1.29 is 9.90 Å². The van der Waals surface area contributed by atoms with Crippen molar-refractivity contribution in [1.82, 2.24) is 15.3 Å². The molecule has 1 aliphatic heterocycles. The summed E-state index contributed by atoms with van der Waals surface area (Å²) in [6.45, 7) is 5.13. The zero-order valence-electron chi connectivity index (χ0n) is 14.6. The standard InChI is InChI=1S/C19H24N4O2/c1-14(16-12-23(13-16)18-20-9-6-10-21-18)22-17(24)19(2,25)11-15-7-4-3-5-8-15/h3-10,14,16,25H,11-13H2,1-2H3,(H,22,24)/t14-,19?/m0/s1. The molecule has 0 spiro atoms. The Hall–Kier alpha value is -2.47. The Bertz CT molecular complexity index is 700. The van der Waals surface area contributed by atoms with E-state index in [0.29, 0.717) is 18.3 Å². The first-order valence-electron chi connectivity index (χ1n) is 8.55. The molecule has 0 aliphatic carbocycles. The van der Waals surface area contributed by atoms with Crippen LogP contribution in [0.3, 0.4) is 0 Å². The number of anilines is 1. The van der Waals surface area contributed by atoms with Crippen LogP contribution in [0.1, 0.15) is 19.4 Å². The van der Waals surface area contributed by atoms with Crippen molar-refractivity contribution in [3.63, 3.8) is 0 Å². The molecule has 0 radical (unpaired) electrons. The van der Waals surface area contributed by atoms with Crippen molar-refractivity contribution in [2.75, 3.05) is 18.0 Å². The molecule has 1 fully saturated rings. The Kier molecular flexibility index (Phi) is 4.99. The van der Waals surface area contributed by atoms with Crippen molar-refractivity contribution >= 4 is 11.9 Å². The van der Waals surface area contributed by atoms with Gasteiger partial charge in [-0.3, -0.25) is 4.79 Å². The minimum Gasteiger partial charge on any atom is -0.380 e. The van der Waals surface area contributed by atoms with Crippen LogP contribution < -0.4 is 10.2 Å². The Morgan fingerprint density at radius 1 is 1.28 bits per heavy atom. The van der Waals surface area contributed by atoms with Crippen molar-refractivity contribution in [1.29, 1.82) is 0 Å². The first kappa shape index (κ1) is 17.4. The molecule has 0 saturated carbocycles. The van der Waals surface area contributed by atoms with Crippen LogP contribution in [0.4, 0.5) is 5.95 Å². The SMILES string of the molecule is C[C@H](NC(=O)C(C)(O)Cc1ccccc1)C1CN(c2ncccn2)C1. The van der Waals surface area contributed by atoms with E-state index < -0.39 is 5.60 Å². The fourth-order valence-electron chi connectivity index (χ4n) is 3.00. The number of rotatable bonds is 6. The number of carbonyl (C=O) groups is 1. The Morgan fingerprint density at radius 3 is 2.56 bits per heavy atom. The van der Waals surface area contributed by atoms with Gasteiger partial charge in [-0.25, -0.2) is 9.97 Å². The second-order valence-electron chi connectivity index (χ2n) is 6.91. The molecule has 2 heterocycles. The highest BCUT2D eigenvalue weighted by Crippen LogP contribution is 2.23. The number of hydrogen-bond acceptors (Lipinski definition) is 5. The maximum absolute atomic E-state index is 12.5. The number of carbonyl (C=O) groups excluding carboxylic acids is 1. The van der Waals surface area contributed by atoms with Crippen LogP contribution in [0, 0.1) is 5.92 Å². The second kappa shape index (κ2) is 7.19. The van der Waals surface area contributed by atoms with Gasteiger partial charge >= 0.3 is 0 Å². The summed E-state index contributed by atoms with van der Waals surface area (Å²) in [5.41, 5.74) is -0.493. The van der Waals surface area contributed by atoms with Crippen molar-refractivity contribution in [3.05, 3.63) is 54.4 Å². The summed E-state index contributed by atoms with van der Waals surface area (Å²) < 4.78 is 0. The number of benzene rings is 1. The van der Waals surface area contributed by atoms with Crippen LogP contribution >= 0.6 is 0 Å². The van der Waals surface area contributed by atoms with E-state index in [1.165, 1.54) is 0 Å². The number of nitrogens with one attached hydrogen (secondary N) is 1. The molecule has 0 bridgehead atoms. The van der Waals surface area contributed by atoms with Gasteiger partial charge in [0.05, 0.1) is 0 Å². The number of hydrogen-bond donors (Lipinski definition) is 2. The highest BCUT2D eigenvalue weighted by molar-refractivity contribution is 5.85. The van der Waals surface area contributed by atoms with Crippen molar-refractivity contribution in [2.45, 2.75) is 31.9 Å². The van der Waals surface area contributed by atoms with E-state index in [1.807, 2.05) is 37.3 Å². The monoisotopic (exact) mass is 340 g/mol. The summed E-state index contributed by atoms with van der Waals surface area (Å²) in [6.07, 6.45) is 3.74. The Morgan fingerprint density at radius 2 is 1.92 bits per heavy atom. The van der Waals surface area contributed by atoms with Gasteiger partial charge in [-0.05, 0) is 25.5 Å². The van der Waals surface area contributed by atoms with Gasteiger partial charge in [-0.15, -0.1) is 0 Å². The topological polar surface area (TPSA) is 78.4 Å². The zero-order chi connectivity index (χ0) is 17.9. The lowest BCUT2D eigenvalue weighted by Gasteiger charge is -2.43.